The summed E-state index contributed by atoms with van der Waals surface area (Å²) in [6.07, 6.45) is 0. The molecule has 0 saturated carbocycles. The molecular weight excluding hydrogens is 393 g/mol. The van der Waals surface area contributed by atoms with Gasteiger partial charge in [0.25, 0.3) is 0 Å². The lowest BCUT2D eigenvalue weighted by molar-refractivity contribution is 1.50. The van der Waals surface area contributed by atoms with Crippen LogP contribution in [0.25, 0.3) is 0 Å². The predicted molar refractivity (Wildman–Crippen MR) is 71.6 cm³/mol. The minimum Gasteiger partial charge on any atom is -0.178 e. The molecule has 1 aromatic rings. The molecule has 0 bridgehead atoms. The van der Waals surface area contributed by atoms with Crippen LogP contribution in [0, 0.1) is 0 Å². The molecule has 0 radical (unpaired) electrons. The highest BCUT2D eigenvalue weighted by Crippen LogP contribution is 2.49. The van der Waals surface area contributed by atoms with Gasteiger partial charge in [0.1, 0.15) is 0 Å². The molecule has 0 spiro atoms. The number of hydrogen-bond acceptors (Lipinski definition) is 1. The van der Waals surface area contributed by atoms with Gasteiger partial charge in [0, 0.05) is 35.3 Å². The van der Waals surface area contributed by atoms with Crippen molar-refractivity contribution >= 4 is 99.2 Å². The van der Waals surface area contributed by atoms with Crippen molar-refractivity contribution in [3.8, 4) is 0 Å². The fraction of sp³-hybridized carbons (Fsp3) is 0. The molecule has 0 aliphatic carbocycles. The summed E-state index contributed by atoms with van der Waals surface area (Å²) in [5, 5.41) is 0. The fourth-order valence-corrected chi connectivity index (χ4v) is 10.2. The second-order valence-corrected chi connectivity index (χ2v) is 12.5. The van der Waals surface area contributed by atoms with Crippen molar-refractivity contribution in [1.29, 1.82) is 0 Å². The number of hydrogen-bond donors (Lipinski definition) is 0. The minimum atomic E-state index is -1.52. The quantitative estimate of drug-likeness (QED) is 0.510. The topological polar surface area (TPSA) is 27.7 Å². The standard InChI is InChI=1S/Cl6N4P4/c1-8-11-7-12(4)9(2)14(6)10(3)13(8)5. The van der Waals surface area contributed by atoms with Gasteiger partial charge >= 0.3 is 0 Å². The maximum Gasteiger partial charge on any atom is 0.172 e. The Hall–Kier alpha value is 2.14. The third-order valence-corrected chi connectivity index (χ3v) is 14.0. The fourth-order valence-electron chi connectivity index (χ4n) is 0.376. The minimum absolute atomic E-state index is 0.399. The van der Waals surface area contributed by atoms with Crippen molar-refractivity contribution in [2.45, 2.75) is 0 Å². The van der Waals surface area contributed by atoms with Crippen molar-refractivity contribution in [2.24, 2.45) is 0 Å². The molecule has 0 aliphatic heterocycles. The highest BCUT2D eigenvalue weighted by atomic mass is 35.7. The van der Waals surface area contributed by atoms with Crippen LogP contribution in [-0.2, 0) is 0 Å². The molecule has 14 heteroatoms. The summed E-state index contributed by atoms with van der Waals surface area (Å²) in [5.74, 6) is 0. The number of aromatic nitrogens is 4. The summed E-state index contributed by atoms with van der Waals surface area (Å²) in [4.78, 5) is 0. The second kappa shape index (κ2) is 6.18. The van der Waals surface area contributed by atoms with E-state index in [1.807, 2.05) is 0 Å². The molecule has 0 aliphatic rings. The number of nitrogens with zero attached hydrogens (tertiary/aromatic N) is 4. The van der Waals surface area contributed by atoms with Gasteiger partial charge in [-0.3, -0.25) is 0 Å². The van der Waals surface area contributed by atoms with Gasteiger partial charge in [-0.15, -0.1) is 0 Å². The van der Waals surface area contributed by atoms with Crippen molar-refractivity contribution in [2.75, 3.05) is 0 Å². The van der Waals surface area contributed by atoms with Crippen molar-refractivity contribution in [1.82, 2.24) is 15.3 Å². The molecule has 0 aromatic carbocycles. The molecule has 1 rings (SSSR count). The zero-order valence-electron chi connectivity index (χ0n) is 5.85. The maximum absolute atomic E-state index is 5.92. The first-order chi connectivity index (χ1) is 6.45. The molecule has 14 heavy (non-hydrogen) atoms. The maximum atomic E-state index is 5.92. The van der Waals surface area contributed by atoms with E-state index in [2.05, 4.69) is 4.51 Å². The Kier molecular flexibility index (Phi) is 6.26. The van der Waals surface area contributed by atoms with E-state index in [0.29, 0.717) is 8.51 Å². The van der Waals surface area contributed by atoms with Gasteiger partial charge in [0.15, 0.2) is 30.1 Å². The van der Waals surface area contributed by atoms with Crippen LogP contribution in [0.3, 0.4) is 0 Å². The van der Waals surface area contributed by atoms with Crippen LogP contribution >= 0.6 is 99.2 Å². The van der Waals surface area contributed by atoms with E-state index in [0.717, 1.165) is 7.22 Å². The molecular formula is Cl6N4P4. The second-order valence-electron chi connectivity index (χ2n) is 1.62. The summed E-state index contributed by atoms with van der Waals surface area (Å²) in [6.45, 7) is 0. The third kappa shape index (κ3) is 3.31. The van der Waals surface area contributed by atoms with Gasteiger partial charge < -0.3 is 0 Å². The van der Waals surface area contributed by atoms with E-state index in [4.69, 9.17) is 69.1 Å². The van der Waals surface area contributed by atoms with Gasteiger partial charge in [-0.2, -0.15) is 15.3 Å². The molecule has 1 heterocycles. The van der Waals surface area contributed by atoms with Gasteiger partial charge in [-0.1, -0.05) is 0 Å². The zero-order chi connectivity index (χ0) is 10.9. The zero-order valence-corrected chi connectivity index (χ0v) is 14.0. The van der Waals surface area contributed by atoms with Crippen LogP contribution in [-0.4, -0.2) is 15.3 Å². The van der Waals surface area contributed by atoms with Crippen molar-refractivity contribution < 1.29 is 0 Å². The lowest BCUT2D eigenvalue weighted by Gasteiger charge is -2.05. The molecule has 1 aromatic heterocycles. The smallest absolute Gasteiger partial charge is 0.172 e. The SMILES string of the molecule is Cln1pnp(Cl)n(Cl)p(Cl)n(Cl)p1Cl. The Labute approximate surface area is 114 Å². The summed E-state index contributed by atoms with van der Waals surface area (Å²) in [5.41, 5.74) is 0. The monoisotopic (exact) mass is 390 g/mol. The Balaban J connectivity index is 3.71. The van der Waals surface area contributed by atoms with Crippen molar-refractivity contribution in [3.63, 3.8) is 0 Å². The summed E-state index contributed by atoms with van der Waals surface area (Å²) in [7, 11) is -4.01. The van der Waals surface area contributed by atoms with Crippen LogP contribution < -0.4 is 0 Å². The molecule has 0 saturated heterocycles. The molecule has 82 valence electrons. The lowest BCUT2D eigenvalue weighted by Crippen LogP contribution is -1.80. The van der Waals surface area contributed by atoms with Crippen LogP contribution in [0.15, 0.2) is 0 Å². The Morgan fingerprint density at radius 3 is 2.07 bits per heavy atom. The Bertz CT molecular complexity index is 368. The first kappa shape index (κ1) is 14.2. The van der Waals surface area contributed by atoms with Gasteiger partial charge in [0.05, 0.1) is 0 Å². The van der Waals surface area contributed by atoms with Gasteiger partial charge in [-0.25, -0.2) is 0 Å². The van der Waals surface area contributed by atoms with E-state index in [1.54, 1.807) is 0 Å². The number of halogens is 6. The molecule has 0 fully saturated rings. The van der Waals surface area contributed by atoms with Crippen LogP contribution in [0.5, 0.6) is 0 Å². The largest absolute Gasteiger partial charge is 0.178 e. The number of rotatable bonds is 0. The average molecular weight is 393 g/mol. The summed E-state index contributed by atoms with van der Waals surface area (Å²) < 4.78 is 7.48. The normalized spacial score (nSPS) is 14.6. The van der Waals surface area contributed by atoms with Crippen LogP contribution in [0.2, 0.25) is 0 Å². The third-order valence-electron chi connectivity index (χ3n) is 0.869. The van der Waals surface area contributed by atoms with E-state index in [9.17, 15) is 0 Å². The van der Waals surface area contributed by atoms with Gasteiger partial charge in [0.2, 0.25) is 0 Å². The molecule has 4 nitrogen and oxygen atoms in total. The summed E-state index contributed by atoms with van der Waals surface area (Å²) in [6, 6.07) is 0. The highest BCUT2D eigenvalue weighted by Gasteiger charge is 2.06. The molecule has 0 N–H and O–H groups in total. The van der Waals surface area contributed by atoms with E-state index in [1.165, 1.54) is 3.61 Å². The first-order valence-corrected chi connectivity index (χ1v) is 10.9. The van der Waals surface area contributed by atoms with E-state index >= 15 is 0 Å². The lowest BCUT2D eigenvalue weighted by atomic mass is 13.8. The average Bonchev–Trinajstić information content (AvgIpc) is 2.19. The predicted octanol–water partition coefficient (Wildman–Crippen LogP) is 6.29. The Morgan fingerprint density at radius 2 is 1.50 bits per heavy atom. The molecule has 3 unspecified atom stereocenters. The molecule has 3 atom stereocenters. The van der Waals surface area contributed by atoms with E-state index < -0.39 is 21.6 Å². The highest BCUT2D eigenvalue weighted by molar-refractivity contribution is 7.88. The summed E-state index contributed by atoms with van der Waals surface area (Å²) >= 11 is 35.0. The van der Waals surface area contributed by atoms with Crippen LogP contribution in [0.1, 0.15) is 0 Å². The van der Waals surface area contributed by atoms with Crippen molar-refractivity contribution in [3.05, 3.63) is 0 Å². The van der Waals surface area contributed by atoms with Crippen LogP contribution in [0.4, 0.5) is 0 Å². The van der Waals surface area contributed by atoms with E-state index in [-0.39, 0.29) is 0 Å². The Morgan fingerprint density at radius 1 is 0.929 bits per heavy atom. The first-order valence-electron chi connectivity index (χ1n) is 2.61. The molecule has 0 amide bonds. The van der Waals surface area contributed by atoms with Gasteiger partial charge in [-0.05, 0) is 33.7 Å².